The van der Waals surface area contributed by atoms with Crippen LogP contribution in [0.4, 0.5) is 11.4 Å². The van der Waals surface area contributed by atoms with E-state index in [0.29, 0.717) is 33.6 Å². The van der Waals surface area contributed by atoms with Crippen LogP contribution in [0.15, 0.2) is 77.7 Å². The number of benzene rings is 3. The summed E-state index contributed by atoms with van der Waals surface area (Å²) in [5.41, 5.74) is 1.35. The summed E-state index contributed by atoms with van der Waals surface area (Å²) in [7, 11) is -4.07. The molecule has 0 aliphatic carbocycles. The highest BCUT2D eigenvalue weighted by molar-refractivity contribution is 7.90. The van der Waals surface area contributed by atoms with Gasteiger partial charge in [0.25, 0.3) is 21.8 Å². The summed E-state index contributed by atoms with van der Waals surface area (Å²) in [4.78, 5) is 37.2. The first-order valence-corrected chi connectivity index (χ1v) is 11.8. The van der Waals surface area contributed by atoms with Crippen molar-refractivity contribution in [1.29, 1.82) is 0 Å². The molecule has 0 atom stereocenters. The van der Waals surface area contributed by atoms with E-state index < -0.39 is 28.4 Å². The molecule has 10 heteroatoms. The molecule has 4 rings (SSSR count). The molecule has 0 aromatic heterocycles. The van der Waals surface area contributed by atoms with Crippen LogP contribution < -0.4 is 15.4 Å². The van der Waals surface area contributed by atoms with Crippen LogP contribution in [0.3, 0.4) is 0 Å². The largest absolute Gasteiger partial charge is 0.494 e. The molecule has 2 N–H and O–H groups in total. The van der Waals surface area contributed by atoms with Crippen LogP contribution >= 0.6 is 0 Å². The molecule has 3 aromatic carbocycles. The number of ether oxygens (including phenoxy) is 1. The summed E-state index contributed by atoms with van der Waals surface area (Å²) in [6.07, 6.45) is 0. The maximum absolute atomic E-state index is 12.6. The van der Waals surface area contributed by atoms with Gasteiger partial charge >= 0.3 is 0 Å². The summed E-state index contributed by atoms with van der Waals surface area (Å²) in [6.45, 7) is 1.77. The van der Waals surface area contributed by atoms with E-state index in [9.17, 15) is 22.8 Å². The quantitative estimate of drug-likeness (QED) is 0.537. The van der Waals surface area contributed by atoms with Crippen LogP contribution in [0, 0.1) is 0 Å². The second-order valence-corrected chi connectivity index (χ2v) is 9.18. The fourth-order valence-electron chi connectivity index (χ4n) is 3.43. The zero-order valence-corrected chi connectivity index (χ0v) is 19.0. The van der Waals surface area contributed by atoms with Gasteiger partial charge in [0.1, 0.15) is 17.2 Å². The molecule has 1 aliphatic heterocycles. The van der Waals surface area contributed by atoms with Gasteiger partial charge in [-0.25, -0.2) is 12.7 Å². The topological polar surface area (TPSA) is 122 Å². The number of carbonyl (C=O) groups excluding carboxylic acids is 3. The van der Waals surface area contributed by atoms with Crippen LogP contribution in [-0.4, -0.2) is 43.6 Å². The molecule has 34 heavy (non-hydrogen) atoms. The van der Waals surface area contributed by atoms with Gasteiger partial charge in [0.2, 0.25) is 5.91 Å². The molecule has 9 nitrogen and oxygen atoms in total. The fraction of sp³-hybridized carbons (Fsp3) is 0.125. The fourth-order valence-corrected chi connectivity index (χ4v) is 4.95. The highest BCUT2D eigenvalue weighted by atomic mass is 32.2. The number of carbonyl (C=O) groups is 3. The van der Waals surface area contributed by atoms with Gasteiger partial charge in [0.05, 0.1) is 12.2 Å². The highest BCUT2D eigenvalue weighted by Gasteiger charge is 2.41. The lowest BCUT2D eigenvalue weighted by atomic mass is 10.2. The molecule has 1 heterocycles. The number of sulfonamides is 1. The first-order chi connectivity index (χ1) is 16.3. The number of fused-ring (bicyclic) bond motifs is 1. The van der Waals surface area contributed by atoms with Gasteiger partial charge in [-0.3, -0.25) is 14.4 Å². The minimum Gasteiger partial charge on any atom is -0.494 e. The van der Waals surface area contributed by atoms with E-state index in [1.54, 1.807) is 30.3 Å². The molecule has 0 unspecified atom stereocenters. The Morgan fingerprint density at radius 1 is 0.882 bits per heavy atom. The molecule has 0 bridgehead atoms. The average molecular weight is 480 g/mol. The normalized spacial score (nSPS) is 13.8. The number of hydrogen-bond acceptors (Lipinski definition) is 6. The number of hydrogen-bond donors (Lipinski definition) is 2. The Balaban J connectivity index is 1.37. The first-order valence-electron chi connectivity index (χ1n) is 10.4. The third-order valence-corrected chi connectivity index (χ3v) is 6.84. The summed E-state index contributed by atoms with van der Waals surface area (Å²) >= 11 is 0. The molecule has 3 aromatic rings. The summed E-state index contributed by atoms with van der Waals surface area (Å²) in [5.74, 6) is -1.06. The van der Waals surface area contributed by atoms with E-state index in [-0.39, 0.29) is 16.4 Å². The highest BCUT2D eigenvalue weighted by Crippen LogP contribution is 2.29. The maximum Gasteiger partial charge on any atom is 0.269 e. The Hall–Kier alpha value is -4.18. The van der Waals surface area contributed by atoms with Crippen LogP contribution in [0.2, 0.25) is 0 Å². The lowest BCUT2D eigenvalue weighted by Crippen LogP contribution is -2.37. The van der Waals surface area contributed by atoms with Crippen molar-refractivity contribution >= 4 is 39.1 Å². The number of nitrogens with one attached hydrogen (secondary N) is 2. The number of amides is 3. The maximum atomic E-state index is 12.6. The Labute approximate surface area is 196 Å². The van der Waals surface area contributed by atoms with E-state index in [0.717, 1.165) is 0 Å². The van der Waals surface area contributed by atoms with Crippen molar-refractivity contribution in [2.75, 3.05) is 23.8 Å². The third kappa shape index (κ3) is 4.62. The van der Waals surface area contributed by atoms with Crippen LogP contribution in [-0.2, 0) is 14.8 Å². The van der Waals surface area contributed by atoms with Crippen molar-refractivity contribution in [3.63, 3.8) is 0 Å². The third-order valence-electron chi connectivity index (χ3n) is 5.05. The van der Waals surface area contributed by atoms with Gasteiger partial charge in [0, 0.05) is 16.9 Å². The van der Waals surface area contributed by atoms with E-state index in [1.165, 1.54) is 42.5 Å². The molecular weight excluding hydrogens is 458 g/mol. The lowest BCUT2D eigenvalue weighted by molar-refractivity contribution is -0.116. The van der Waals surface area contributed by atoms with Crippen molar-refractivity contribution < 1.29 is 27.5 Å². The molecule has 1 aliphatic rings. The van der Waals surface area contributed by atoms with Gasteiger partial charge in [-0.2, -0.15) is 0 Å². The Morgan fingerprint density at radius 3 is 2.15 bits per heavy atom. The predicted molar refractivity (Wildman–Crippen MR) is 125 cm³/mol. The lowest BCUT2D eigenvalue weighted by Gasteiger charge is -2.15. The summed E-state index contributed by atoms with van der Waals surface area (Å²) < 4.78 is 31.1. The van der Waals surface area contributed by atoms with Gasteiger partial charge < -0.3 is 15.4 Å². The van der Waals surface area contributed by atoms with Crippen molar-refractivity contribution in [1.82, 2.24) is 4.31 Å². The first kappa shape index (κ1) is 23.0. The number of nitrogens with zero attached hydrogens (tertiary/aromatic N) is 1. The molecule has 3 amide bonds. The summed E-state index contributed by atoms with van der Waals surface area (Å²) in [6, 6.07) is 18.8. The van der Waals surface area contributed by atoms with Gasteiger partial charge in [-0.15, -0.1) is 0 Å². The average Bonchev–Trinajstić information content (AvgIpc) is 3.02. The second-order valence-electron chi connectivity index (χ2n) is 7.35. The predicted octanol–water partition coefficient (Wildman–Crippen LogP) is 3.12. The zero-order valence-electron chi connectivity index (χ0n) is 18.1. The smallest absolute Gasteiger partial charge is 0.269 e. The van der Waals surface area contributed by atoms with Crippen molar-refractivity contribution in [2.24, 2.45) is 0 Å². The van der Waals surface area contributed by atoms with Crippen molar-refractivity contribution in [2.45, 2.75) is 11.8 Å². The zero-order chi connectivity index (χ0) is 24.3. The van der Waals surface area contributed by atoms with Gasteiger partial charge in [0.15, 0.2) is 0 Å². The van der Waals surface area contributed by atoms with Crippen LogP contribution in [0.1, 0.15) is 27.6 Å². The van der Waals surface area contributed by atoms with Crippen LogP contribution in [0.25, 0.3) is 0 Å². The molecule has 0 fully saturated rings. The molecule has 0 radical (unpaired) electrons. The number of rotatable bonds is 7. The second kappa shape index (κ2) is 9.36. The van der Waals surface area contributed by atoms with E-state index in [4.69, 9.17) is 4.74 Å². The standard InChI is InChI=1S/C24H21N3O6S/c1-2-33-19-13-11-18(12-14-19)26-23(29)16-7-9-17(10-8-16)25-22(28)15-27-24(30)20-5-3-4-6-21(20)34(27,31)32/h3-14H,2,15H2,1H3,(H,25,28)(H,26,29). The SMILES string of the molecule is CCOc1ccc(NC(=O)c2ccc(NC(=O)CN3C(=O)c4ccccc4S3(=O)=O)cc2)cc1. The molecule has 0 spiro atoms. The minimum absolute atomic E-state index is 0.0400. The van der Waals surface area contributed by atoms with E-state index >= 15 is 0 Å². The van der Waals surface area contributed by atoms with Crippen molar-refractivity contribution in [3.8, 4) is 5.75 Å². The Morgan fingerprint density at radius 2 is 1.50 bits per heavy atom. The van der Waals surface area contributed by atoms with Gasteiger partial charge in [-0.1, -0.05) is 12.1 Å². The molecule has 0 saturated carbocycles. The van der Waals surface area contributed by atoms with E-state index in [2.05, 4.69) is 10.6 Å². The number of anilines is 2. The molecule has 174 valence electrons. The van der Waals surface area contributed by atoms with E-state index in [1.807, 2.05) is 6.92 Å². The molecule has 0 saturated heterocycles. The van der Waals surface area contributed by atoms with Gasteiger partial charge in [-0.05, 0) is 67.6 Å². The van der Waals surface area contributed by atoms with Crippen LogP contribution in [0.5, 0.6) is 5.75 Å². The Kier molecular flexibility index (Phi) is 6.33. The molecular formula is C24H21N3O6S. The summed E-state index contributed by atoms with van der Waals surface area (Å²) in [5, 5.41) is 5.31. The minimum atomic E-state index is -4.07. The monoisotopic (exact) mass is 479 g/mol. The Bertz CT molecular complexity index is 1350. The van der Waals surface area contributed by atoms with Crippen molar-refractivity contribution in [3.05, 3.63) is 83.9 Å².